The Balaban J connectivity index is 1.13. The minimum atomic E-state index is -0.293. The number of esters is 1. The summed E-state index contributed by atoms with van der Waals surface area (Å²) in [6.45, 7) is 2.47. The third-order valence-corrected chi connectivity index (χ3v) is 7.27. The third kappa shape index (κ3) is 3.25. The van der Waals surface area contributed by atoms with E-state index in [1.807, 2.05) is 0 Å². The van der Waals surface area contributed by atoms with Crippen LogP contribution in [-0.4, -0.2) is 59.5 Å². The number of hydrogen-bond donors (Lipinski definition) is 0. The number of rotatable bonds is 4. The van der Waals surface area contributed by atoms with Crippen molar-refractivity contribution in [3.63, 3.8) is 0 Å². The average molecular weight is 384 g/mol. The van der Waals surface area contributed by atoms with Crippen molar-refractivity contribution in [1.82, 2.24) is 14.9 Å². The van der Waals surface area contributed by atoms with E-state index >= 15 is 0 Å². The van der Waals surface area contributed by atoms with Crippen LogP contribution in [0.3, 0.4) is 0 Å². The Morgan fingerprint density at radius 2 is 1.54 bits per heavy atom. The first kappa shape index (κ1) is 17.9. The SMILES string of the molecule is O=C(COC(=O)C12CC3CC(CC(C3)C1)C2)N1CCN(c2ncccn2)CC1. The van der Waals surface area contributed by atoms with E-state index in [-0.39, 0.29) is 23.9 Å². The van der Waals surface area contributed by atoms with Crippen molar-refractivity contribution < 1.29 is 14.3 Å². The number of anilines is 1. The molecule has 1 saturated heterocycles. The molecule has 0 atom stereocenters. The predicted octanol–water partition coefficient (Wildman–Crippen LogP) is 1.88. The minimum Gasteiger partial charge on any atom is -0.455 e. The van der Waals surface area contributed by atoms with Crippen LogP contribution in [0.25, 0.3) is 0 Å². The Bertz CT molecular complexity index is 710. The third-order valence-electron chi connectivity index (χ3n) is 7.27. The maximum absolute atomic E-state index is 12.9. The number of carbonyl (C=O) groups excluding carboxylic acids is 2. The first-order chi connectivity index (χ1) is 13.6. The highest BCUT2D eigenvalue weighted by Gasteiger charge is 2.55. The molecule has 28 heavy (non-hydrogen) atoms. The number of aromatic nitrogens is 2. The number of carbonyl (C=O) groups is 2. The van der Waals surface area contributed by atoms with Crippen molar-refractivity contribution in [2.75, 3.05) is 37.7 Å². The molecule has 2 heterocycles. The molecule has 0 radical (unpaired) electrons. The van der Waals surface area contributed by atoms with E-state index in [2.05, 4.69) is 14.9 Å². The molecule has 4 saturated carbocycles. The smallest absolute Gasteiger partial charge is 0.312 e. The molecule has 6 rings (SSSR count). The van der Waals surface area contributed by atoms with Gasteiger partial charge in [0.2, 0.25) is 5.95 Å². The molecule has 5 aliphatic rings. The summed E-state index contributed by atoms with van der Waals surface area (Å²) in [4.78, 5) is 37.9. The van der Waals surface area contributed by atoms with Crippen LogP contribution >= 0.6 is 0 Å². The first-order valence-electron chi connectivity index (χ1n) is 10.6. The lowest BCUT2D eigenvalue weighted by Crippen LogP contribution is -2.52. The Labute approximate surface area is 165 Å². The van der Waals surface area contributed by atoms with Crippen LogP contribution in [0.2, 0.25) is 0 Å². The van der Waals surface area contributed by atoms with Gasteiger partial charge in [0.15, 0.2) is 6.61 Å². The summed E-state index contributed by atoms with van der Waals surface area (Å²) in [6, 6.07) is 1.79. The van der Waals surface area contributed by atoms with E-state index in [4.69, 9.17) is 4.74 Å². The van der Waals surface area contributed by atoms with Gasteiger partial charge in [0.1, 0.15) is 0 Å². The van der Waals surface area contributed by atoms with Gasteiger partial charge in [-0.3, -0.25) is 9.59 Å². The summed E-state index contributed by atoms with van der Waals surface area (Å²) in [6.07, 6.45) is 10.3. The summed E-state index contributed by atoms with van der Waals surface area (Å²) in [5.74, 6) is 2.58. The van der Waals surface area contributed by atoms with Crippen LogP contribution < -0.4 is 4.90 Å². The first-order valence-corrected chi connectivity index (χ1v) is 10.6. The van der Waals surface area contributed by atoms with Crippen LogP contribution in [0, 0.1) is 23.2 Å². The second-order valence-corrected chi connectivity index (χ2v) is 9.19. The molecule has 0 N–H and O–H groups in total. The van der Waals surface area contributed by atoms with Crippen molar-refractivity contribution >= 4 is 17.8 Å². The van der Waals surface area contributed by atoms with Crippen LogP contribution in [-0.2, 0) is 14.3 Å². The van der Waals surface area contributed by atoms with Crippen molar-refractivity contribution in [2.45, 2.75) is 38.5 Å². The van der Waals surface area contributed by atoms with Gasteiger partial charge in [-0.05, 0) is 62.3 Å². The number of nitrogens with zero attached hydrogens (tertiary/aromatic N) is 4. The van der Waals surface area contributed by atoms with Gasteiger partial charge in [-0.15, -0.1) is 0 Å². The van der Waals surface area contributed by atoms with Gasteiger partial charge in [0.05, 0.1) is 5.41 Å². The summed E-state index contributed by atoms with van der Waals surface area (Å²) in [5.41, 5.74) is -0.293. The molecule has 5 fully saturated rings. The highest BCUT2D eigenvalue weighted by atomic mass is 16.5. The van der Waals surface area contributed by atoms with Gasteiger partial charge in [0, 0.05) is 38.6 Å². The summed E-state index contributed by atoms with van der Waals surface area (Å²) in [7, 11) is 0. The molecule has 4 aliphatic carbocycles. The molecule has 0 aromatic carbocycles. The van der Waals surface area contributed by atoms with Gasteiger partial charge in [-0.25, -0.2) is 9.97 Å². The van der Waals surface area contributed by atoms with Crippen molar-refractivity contribution in [3.05, 3.63) is 18.5 Å². The van der Waals surface area contributed by atoms with Crippen molar-refractivity contribution in [2.24, 2.45) is 23.2 Å². The molecular weight excluding hydrogens is 356 g/mol. The molecule has 4 bridgehead atoms. The lowest BCUT2D eigenvalue weighted by molar-refractivity contribution is -0.174. The van der Waals surface area contributed by atoms with Gasteiger partial charge >= 0.3 is 5.97 Å². The number of hydrogen-bond acceptors (Lipinski definition) is 6. The molecule has 0 spiro atoms. The zero-order valence-corrected chi connectivity index (χ0v) is 16.3. The lowest BCUT2D eigenvalue weighted by Gasteiger charge is -2.55. The van der Waals surface area contributed by atoms with Crippen LogP contribution in [0.1, 0.15) is 38.5 Å². The Morgan fingerprint density at radius 3 is 2.11 bits per heavy atom. The van der Waals surface area contributed by atoms with E-state index in [1.54, 1.807) is 23.4 Å². The summed E-state index contributed by atoms with van der Waals surface area (Å²) >= 11 is 0. The largest absolute Gasteiger partial charge is 0.455 e. The normalized spacial score (nSPS) is 33.8. The standard InChI is InChI=1S/C21H28N4O3/c26-18(24-4-6-25(7-5-24)20-22-2-1-3-23-20)14-28-19(27)21-11-15-8-16(12-21)10-17(9-15)13-21/h1-3,15-17H,4-14H2. The van der Waals surface area contributed by atoms with E-state index < -0.39 is 0 Å². The summed E-state index contributed by atoms with van der Waals surface area (Å²) < 4.78 is 5.58. The van der Waals surface area contributed by atoms with E-state index in [0.717, 1.165) is 19.3 Å². The molecule has 0 unspecified atom stereocenters. The number of amides is 1. The Hall–Kier alpha value is -2.18. The maximum Gasteiger partial charge on any atom is 0.312 e. The minimum absolute atomic E-state index is 0.0910. The highest BCUT2D eigenvalue weighted by Crippen LogP contribution is 2.60. The monoisotopic (exact) mass is 384 g/mol. The Morgan fingerprint density at radius 1 is 0.964 bits per heavy atom. The van der Waals surface area contributed by atoms with Crippen molar-refractivity contribution in [1.29, 1.82) is 0 Å². The zero-order chi connectivity index (χ0) is 19.1. The van der Waals surface area contributed by atoms with Gasteiger partial charge in [0.25, 0.3) is 5.91 Å². The molecule has 1 aromatic heterocycles. The van der Waals surface area contributed by atoms with Crippen molar-refractivity contribution in [3.8, 4) is 0 Å². The molecule has 7 nitrogen and oxygen atoms in total. The fourth-order valence-corrected chi connectivity index (χ4v) is 6.34. The highest BCUT2D eigenvalue weighted by molar-refractivity contribution is 5.83. The van der Waals surface area contributed by atoms with Crippen LogP contribution in [0.5, 0.6) is 0 Å². The fourth-order valence-electron chi connectivity index (χ4n) is 6.34. The van der Waals surface area contributed by atoms with Crippen LogP contribution in [0.15, 0.2) is 18.5 Å². The van der Waals surface area contributed by atoms with Gasteiger partial charge in [-0.2, -0.15) is 0 Å². The quantitative estimate of drug-likeness (QED) is 0.738. The summed E-state index contributed by atoms with van der Waals surface area (Å²) in [5, 5.41) is 0. The number of piperazine rings is 1. The lowest BCUT2D eigenvalue weighted by atomic mass is 9.49. The van der Waals surface area contributed by atoms with E-state index in [0.29, 0.717) is 49.9 Å². The molecular formula is C21H28N4O3. The van der Waals surface area contributed by atoms with E-state index in [1.165, 1.54) is 19.3 Å². The predicted molar refractivity (Wildman–Crippen MR) is 102 cm³/mol. The van der Waals surface area contributed by atoms with Gasteiger partial charge < -0.3 is 14.5 Å². The molecule has 150 valence electrons. The maximum atomic E-state index is 12.9. The molecule has 1 amide bonds. The second-order valence-electron chi connectivity index (χ2n) is 9.19. The Kier molecular flexibility index (Phi) is 4.48. The number of ether oxygens (including phenoxy) is 1. The molecule has 1 aliphatic heterocycles. The topological polar surface area (TPSA) is 75.6 Å². The van der Waals surface area contributed by atoms with Crippen LogP contribution in [0.4, 0.5) is 5.95 Å². The van der Waals surface area contributed by atoms with Gasteiger partial charge in [-0.1, -0.05) is 0 Å². The zero-order valence-electron chi connectivity index (χ0n) is 16.3. The fraction of sp³-hybridized carbons (Fsp3) is 0.714. The van der Waals surface area contributed by atoms with E-state index in [9.17, 15) is 9.59 Å². The molecule has 7 heteroatoms. The average Bonchev–Trinajstić information content (AvgIpc) is 2.71. The second kappa shape index (κ2) is 7.01. The molecule has 1 aromatic rings.